The third-order valence-corrected chi connectivity index (χ3v) is 5.02. The highest BCUT2D eigenvalue weighted by Gasteiger charge is 2.48. The number of nitro groups is 1. The number of nitro benzene ring substituents is 1. The minimum atomic E-state index is -1.27. The number of nitrogens with zero attached hydrogens (tertiary/aromatic N) is 2. The van der Waals surface area contributed by atoms with Gasteiger partial charge in [0.25, 0.3) is 17.4 Å². The van der Waals surface area contributed by atoms with E-state index < -0.39 is 34.2 Å². The molecule has 0 saturated carbocycles. The molecule has 0 bridgehead atoms. The van der Waals surface area contributed by atoms with E-state index >= 15 is 0 Å². The van der Waals surface area contributed by atoms with E-state index in [9.17, 15) is 29.2 Å². The fraction of sp³-hybridized carbons (Fsp3) is 0.0435. The zero-order valence-corrected chi connectivity index (χ0v) is 15.9. The molecule has 0 aliphatic carbocycles. The van der Waals surface area contributed by atoms with Crippen molar-refractivity contribution in [3.8, 4) is 0 Å². The lowest BCUT2D eigenvalue weighted by molar-refractivity contribution is -0.385. The second-order valence-corrected chi connectivity index (χ2v) is 6.83. The van der Waals surface area contributed by atoms with E-state index in [-0.39, 0.29) is 28.1 Å². The first-order chi connectivity index (χ1) is 14.9. The van der Waals surface area contributed by atoms with Crippen molar-refractivity contribution in [2.24, 2.45) is 0 Å². The summed E-state index contributed by atoms with van der Waals surface area (Å²) in [5.74, 6) is -2.97. The number of halogens is 1. The van der Waals surface area contributed by atoms with Crippen LogP contribution in [0.15, 0.2) is 84.4 Å². The SMILES string of the molecule is O=C1C(=O)N(c2ccc(F)cc2)[C@@H](c2ccccc2[N+](=O)[O-])C1=C(O)c1ccccc1. The molecule has 1 amide bonds. The summed E-state index contributed by atoms with van der Waals surface area (Å²) in [6, 6.07) is 17.3. The van der Waals surface area contributed by atoms with E-state index in [1.165, 1.54) is 36.4 Å². The van der Waals surface area contributed by atoms with Gasteiger partial charge in [0, 0.05) is 17.3 Å². The molecule has 3 aromatic carbocycles. The molecule has 1 aliphatic rings. The molecule has 8 heteroatoms. The maximum atomic E-state index is 13.5. The molecule has 0 unspecified atom stereocenters. The number of carbonyl (C=O) groups excluding carboxylic acids is 2. The molecule has 1 heterocycles. The third kappa shape index (κ3) is 3.44. The summed E-state index contributed by atoms with van der Waals surface area (Å²) in [5, 5.41) is 22.6. The number of hydrogen-bond acceptors (Lipinski definition) is 5. The number of ketones is 1. The third-order valence-electron chi connectivity index (χ3n) is 5.02. The summed E-state index contributed by atoms with van der Waals surface area (Å²) in [6.07, 6.45) is 0. The number of aliphatic hydroxyl groups is 1. The lowest BCUT2D eigenvalue weighted by Gasteiger charge is -2.25. The minimum absolute atomic E-state index is 0.0495. The first-order valence-corrected chi connectivity index (χ1v) is 9.25. The smallest absolute Gasteiger partial charge is 0.300 e. The summed E-state index contributed by atoms with van der Waals surface area (Å²) in [4.78, 5) is 38.0. The van der Waals surface area contributed by atoms with Crippen molar-refractivity contribution in [1.29, 1.82) is 0 Å². The Morgan fingerprint density at radius 1 is 0.935 bits per heavy atom. The molecule has 0 aromatic heterocycles. The van der Waals surface area contributed by atoms with Gasteiger partial charge < -0.3 is 5.11 Å². The van der Waals surface area contributed by atoms with E-state index in [1.54, 1.807) is 30.3 Å². The number of rotatable bonds is 4. The second kappa shape index (κ2) is 7.83. The zero-order valence-electron chi connectivity index (χ0n) is 15.9. The molecular formula is C23H15FN2O5. The zero-order chi connectivity index (χ0) is 22.1. The molecule has 154 valence electrons. The molecule has 0 spiro atoms. The van der Waals surface area contributed by atoms with Gasteiger partial charge in [-0.1, -0.05) is 42.5 Å². The van der Waals surface area contributed by atoms with Crippen LogP contribution >= 0.6 is 0 Å². The molecule has 1 aliphatic heterocycles. The van der Waals surface area contributed by atoms with Crippen molar-refractivity contribution in [1.82, 2.24) is 0 Å². The Labute approximate surface area is 175 Å². The van der Waals surface area contributed by atoms with Crippen LogP contribution in [-0.2, 0) is 9.59 Å². The minimum Gasteiger partial charge on any atom is -0.507 e. The number of hydrogen-bond donors (Lipinski definition) is 1. The fourth-order valence-corrected chi connectivity index (χ4v) is 3.63. The van der Waals surface area contributed by atoms with E-state index in [4.69, 9.17) is 0 Å². The summed E-state index contributed by atoms with van der Waals surface area (Å²) in [6.45, 7) is 0. The average molecular weight is 418 g/mol. The molecule has 1 N–H and O–H groups in total. The predicted octanol–water partition coefficient (Wildman–Crippen LogP) is 4.36. The van der Waals surface area contributed by atoms with Crippen LogP contribution < -0.4 is 4.90 Å². The highest BCUT2D eigenvalue weighted by atomic mass is 19.1. The van der Waals surface area contributed by atoms with Crippen LogP contribution in [0.1, 0.15) is 17.2 Å². The van der Waals surface area contributed by atoms with Gasteiger partial charge in [0.2, 0.25) is 0 Å². The topological polar surface area (TPSA) is 101 Å². The van der Waals surface area contributed by atoms with Crippen LogP contribution in [0.4, 0.5) is 15.8 Å². The van der Waals surface area contributed by atoms with Gasteiger partial charge in [0.15, 0.2) is 0 Å². The van der Waals surface area contributed by atoms with Gasteiger partial charge in [-0.2, -0.15) is 0 Å². The van der Waals surface area contributed by atoms with Crippen molar-refractivity contribution in [3.05, 3.63) is 111 Å². The molecule has 4 rings (SSSR count). The number of Topliss-reactive ketones (excluding diaryl/α,β-unsaturated/α-hetero) is 1. The molecule has 7 nitrogen and oxygen atoms in total. The summed E-state index contributed by atoms with van der Waals surface area (Å²) in [7, 11) is 0. The van der Waals surface area contributed by atoms with Crippen molar-refractivity contribution in [3.63, 3.8) is 0 Å². The fourth-order valence-electron chi connectivity index (χ4n) is 3.63. The molecule has 31 heavy (non-hydrogen) atoms. The number of amides is 1. The normalized spacial score (nSPS) is 17.7. The Morgan fingerprint density at radius 2 is 1.55 bits per heavy atom. The van der Waals surface area contributed by atoms with Crippen molar-refractivity contribution < 1.29 is 24.0 Å². The average Bonchev–Trinajstić information content (AvgIpc) is 3.05. The lowest BCUT2D eigenvalue weighted by atomic mass is 9.94. The quantitative estimate of drug-likeness (QED) is 0.223. The largest absolute Gasteiger partial charge is 0.507 e. The van der Waals surface area contributed by atoms with Gasteiger partial charge in [-0.15, -0.1) is 0 Å². The van der Waals surface area contributed by atoms with E-state index in [2.05, 4.69) is 0 Å². The van der Waals surface area contributed by atoms with Crippen LogP contribution in [0.2, 0.25) is 0 Å². The van der Waals surface area contributed by atoms with Crippen LogP contribution in [0, 0.1) is 15.9 Å². The molecule has 1 atom stereocenters. The summed E-state index contributed by atoms with van der Waals surface area (Å²) >= 11 is 0. The number of benzene rings is 3. The molecule has 1 fully saturated rings. The molecule has 0 radical (unpaired) electrons. The van der Waals surface area contributed by atoms with Crippen LogP contribution in [0.25, 0.3) is 5.76 Å². The first-order valence-electron chi connectivity index (χ1n) is 9.25. The highest BCUT2D eigenvalue weighted by molar-refractivity contribution is 6.51. The molecule has 1 saturated heterocycles. The van der Waals surface area contributed by atoms with Gasteiger partial charge in [-0.25, -0.2) is 4.39 Å². The summed E-state index contributed by atoms with van der Waals surface area (Å²) in [5.41, 5.74) is -0.106. The van der Waals surface area contributed by atoms with E-state index in [1.807, 2.05) is 0 Å². The van der Waals surface area contributed by atoms with Gasteiger partial charge in [0.1, 0.15) is 17.6 Å². The van der Waals surface area contributed by atoms with Crippen LogP contribution in [-0.4, -0.2) is 21.7 Å². The maximum absolute atomic E-state index is 13.5. The number of anilines is 1. The monoisotopic (exact) mass is 418 g/mol. The van der Waals surface area contributed by atoms with E-state index in [0.717, 1.165) is 17.0 Å². The van der Waals surface area contributed by atoms with Gasteiger partial charge >= 0.3 is 0 Å². The Morgan fingerprint density at radius 3 is 2.19 bits per heavy atom. The number of aliphatic hydroxyl groups excluding tert-OH is 1. The van der Waals surface area contributed by atoms with E-state index in [0.29, 0.717) is 0 Å². The summed E-state index contributed by atoms with van der Waals surface area (Å²) < 4.78 is 13.5. The number of carbonyl (C=O) groups is 2. The predicted molar refractivity (Wildman–Crippen MR) is 111 cm³/mol. The van der Waals surface area contributed by atoms with Crippen LogP contribution in [0.5, 0.6) is 0 Å². The highest BCUT2D eigenvalue weighted by Crippen LogP contribution is 2.44. The Balaban J connectivity index is 2.01. The Hall–Kier alpha value is -4.33. The second-order valence-electron chi connectivity index (χ2n) is 6.83. The van der Waals surface area contributed by atoms with Crippen molar-refractivity contribution in [2.75, 3.05) is 4.90 Å². The van der Waals surface area contributed by atoms with Gasteiger partial charge in [-0.3, -0.25) is 24.6 Å². The molecular weight excluding hydrogens is 403 g/mol. The molecule has 3 aromatic rings. The van der Waals surface area contributed by atoms with Crippen LogP contribution in [0.3, 0.4) is 0 Å². The first kappa shape index (κ1) is 20.0. The maximum Gasteiger partial charge on any atom is 0.300 e. The number of para-hydroxylation sites is 1. The Kier molecular flexibility index (Phi) is 5.04. The van der Waals surface area contributed by atoms with Crippen molar-refractivity contribution in [2.45, 2.75) is 6.04 Å². The Bertz CT molecular complexity index is 1220. The lowest BCUT2D eigenvalue weighted by Crippen LogP contribution is -2.29. The van der Waals surface area contributed by atoms with Gasteiger partial charge in [-0.05, 0) is 30.3 Å². The standard InChI is InChI=1S/C23H15FN2O5/c24-15-10-12-16(13-11-15)25-20(17-8-4-5-9-18(17)26(30)31)19(22(28)23(25)29)21(27)14-6-2-1-3-7-14/h1-13,20,27H/t20-/m0/s1. The van der Waals surface area contributed by atoms with Crippen molar-refractivity contribution >= 4 is 28.8 Å². The van der Waals surface area contributed by atoms with Gasteiger partial charge in [0.05, 0.1) is 16.1 Å².